The second-order valence-electron chi connectivity index (χ2n) is 15.6. The van der Waals surface area contributed by atoms with Gasteiger partial charge >= 0.3 is 6.09 Å². The molecule has 1 fully saturated rings. The lowest BCUT2D eigenvalue weighted by Gasteiger charge is -2.36. The molecule has 4 amide bonds. The van der Waals surface area contributed by atoms with E-state index in [1.807, 2.05) is 105 Å². The summed E-state index contributed by atoms with van der Waals surface area (Å²) in [6, 6.07) is 29.9. The summed E-state index contributed by atoms with van der Waals surface area (Å²) in [7, 11) is 0. The highest BCUT2D eigenvalue weighted by atomic mass is 16.5. The summed E-state index contributed by atoms with van der Waals surface area (Å²) < 4.78 is 5.51. The normalized spacial score (nSPS) is 15.2. The van der Waals surface area contributed by atoms with E-state index in [0.717, 1.165) is 41.5 Å². The zero-order valence-electron chi connectivity index (χ0n) is 33.8. The largest absolute Gasteiger partial charge is 0.445 e. The average Bonchev–Trinajstić information content (AvgIpc) is 3.76. The molecule has 2 heterocycles. The lowest BCUT2D eigenvalue weighted by Crippen LogP contribution is -2.57. The number of carbonyl (C=O) groups excluding carboxylic acids is 4. The van der Waals surface area contributed by atoms with Crippen LogP contribution >= 0.6 is 0 Å². The van der Waals surface area contributed by atoms with E-state index < -0.39 is 42.1 Å². The molecular weight excluding hydrogens is 747 g/mol. The minimum Gasteiger partial charge on any atom is -0.445 e. The number of nitrogens with one attached hydrogen (secondary N) is 4. The molecule has 5 aromatic rings. The van der Waals surface area contributed by atoms with Crippen LogP contribution in [0.1, 0.15) is 49.1 Å². The number of aromatic amines is 1. The molecule has 59 heavy (non-hydrogen) atoms. The van der Waals surface area contributed by atoms with Crippen molar-refractivity contribution in [3.05, 3.63) is 138 Å². The van der Waals surface area contributed by atoms with Crippen LogP contribution in [-0.4, -0.2) is 99.1 Å². The lowest BCUT2D eigenvalue weighted by molar-refractivity contribution is -0.136. The first-order valence-corrected chi connectivity index (χ1v) is 20.4. The fourth-order valence-corrected chi connectivity index (χ4v) is 7.45. The van der Waals surface area contributed by atoms with Crippen molar-refractivity contribution >= 4 is 34.6 Å². The number of piperazine rings is 1. The van der Waals surface area contributed by atoms with Crippen molar-refractivity contribution < 1.29 is 29.0 Å². The van der Waals surface area contributed by atoms with E-state index in [1.165, 1.54) is 11.9 Å². The predicted molar refractivity (Wildman–Crippen MR) is 226 cm³/mol. The number of imidazole rings is 1. The van der Waals surface area contributed by atoms with Crippen LogP contribution in [0.15, 0.2) is 116 Å². The van der Waals surface area contributed by atoms with Gasteiger partial charge in [0.1, 0.15) is 18.7 Å². The smallest absolute Gasteiger partial charge is 0.408 e. The molecule has 13 nitrogen and oxygen atoms in total. The van der Waals surface area contributed by atoms with Crippen molar-refractivity contribution in [2.24, 2.45) is 5.92 Å². The Morgan fingerprint density at radius 1 is 0.763 bits per heavy atom. The molecule has 5 N–H and O–H groups in total. The molecule has 0 aliphatic carbocycles. The molecule has 2 unspecified atom stereocenters. The third kappa shape index (κ3) is 12.7. The maximum absolute atomic E-state index is 14.3. The van der Waals surface area contributed by atoms with Gasteiger partial charge in [-0.3, -0.25) is 19.3 Å². The molecule has 0 spiro atoms. The third-order valence-corrected chi connectivity index (χ3v) is 10.6. The minimum atomic E-state index is -1.17. The maximum atomic E-state index is 14.3. The summed E-state index contributed by atoms with van der Waals surface area (Å²) in [5.41, 5.74) is 3.35. The Kier molecular flexibility index (Phi) is 15.2. The number of rotatable bonds is 18. The monoisotopic (exact) mass is 801 g/mol. The van der Waals surface area contributed by atoms with Gasteiger partial charge in [-0.1, -0.05) is 117 Å². The van der Waals surface area contributed by atoms with Crippen LogP contribution < -0.4 is 16.0 Å². The standard InChI is InChI=1S/C46H55N7O6/c1-32(2)24-39(42(54)27-43(55)53-22-20-52(21-23-53)29-33-12-5-3-6-13-33)49-45(57)41(26-37-28-47-31-48-37)50-44(56)40(51-46(58)59-30-34-14-7-4-8-15-34)25-36-18-11-17-35-16-9-10-19-38(35)36/h3-19,28,31-32,39-42,54H,20-27,29-30H2,1-2H3,(H,47,48)(H,49,57)(H,50,56)(H,51,58)/t39?,40-,41+,42?/m1/s1. The number of H-pyrrole nitrogens is 1. The Balaban J connectivity index is 1.14. The number of alkyl carbamates (subject to hydrolysis) is 1. The summed E-state index contributed by atoms with van der Waals surface area (Å²) in [4.78, 5) is 66.5. The number of hydrogen-bond donors (Lipinski definition) is 5. The summed E-state index contributed by atoms with van der Waals surface area (Å²) in [6.45, 7) is 7.30. The summed E-state index contributed by atoms with van der Waals surface area (Å²) in [5, 5.41) is 22.0. The molecule has 0 saturated carbocycles. The van der Waals surface area contributed by atoms with E-state index in [1.54, 1.807) is 11.1 Å². The number of aliphatic hydroxyl groups excluding tert-OH is 1. The first-order valence-electron chi connectivity index (χ1n) is 20.4. The Morgan fingerprint density at radius 2 is 1.41 bits per heavy atom. The van der Waals surface area contributed by atoms with E-state index in [2.05, 4.69) is 43.0 Å². The molecular formula is C46H55N7O6. The number of amides is 4. The van der Waals surface area contributed by atoms with Gasteiger partial charge in [0.2, 0.25) is 17.7 Å². The van der Waals surface area contributed by atoms with Gasteiger partial charge in [0.05, 0.1) is 30.6 Å². The van der Waals surface area contributed by atoms with Gasteiger partial charge in [-0.05, 0) is 39.8 Å². The molecule has 4 atom stereocenters. The van der Waals surface area contributed by atoms with Crippen molar-refractivity contribution in [3.8, 4) is 0 Å². The second-order valence-corrected chi connectivity index (χ2v) is 15.6. The molecule has 0 radical (unpaired) electrons. The van der Waals surface area contributed by atoms with Crippen LogP contribution in [0.3, 0.4) is 0 Å². The van der Waals surface area contributed by atoms with Crippen LogP contribution in [0.25, 0.3) is 10.8 Å². The Hall–Kier alpha value is -6.05. The molecule has 1 aliphatic heterocycles. The van der Waals surface area contributed by atoms with Crippen molar-refractivity contribution in [1.29, 1.82) is 0 Å². The van der Waals surface area contributed by atoms with Crippen molar-refractivity contribution in [1.82, 2.24) is 35.7 Å². The van der Waals surface area contributed by atoms with Crippen LogP contribution in [0.4, 0.5) is 4.79 Å². The van der Waals surface area contributed by atoms with E-state index in [9.17, 15) is 24.3 Å². The zero-order valence-corrected chi connectivity index (χ0v) is 33.8. The number of aliphatic hydroxyl groups is 1. The highest BCUT2D eigenvalue weighted by Crippen LogP contribution is 2.21. The van der Waals surface area contributed by atoms with Crippen LogP contribution in [-0.2, 0) is 45.1 Å². The van der Waals surface area contributed by atoms with Gasteiger partial charge in [0, 0.05) is 51.8 Å². The van der Waals surface area contributed by atoms with Gasteiger partial charge in [0.15, 0.2) is 0 Å². The van der Waals surface area contributed by atoms with E-state index in [4.69, 9.17) is 4.74 Å². The fourth-order valence-electron chi connectivity index (χ4n) is 7.45. The van der Waals surface area contributed by atoms with Gasteiger partial charge in [0.25, 0.3) is 0 Å². The minimum absolute atomic E-state index is 0.00595. The van der Waals surface area contributed by atoms with Gasteiger partial charge in [-0.25, -0.2) is 9.78 Å². The number of carbonyl (C=O) groups is 4. The average molecular weight is 802 g/mol. The van der Waals surface area contributed by atoms with E-state index in [0.29, 0.717) is 25.2 Å². The molecule has 4 aromatic carbocycles. The number of hydrogen-bond acceptors (Lipinski definition) is 8. The number of fused-ring (bicyclic) bond motifs is 1. The number of aromatic nitrogens is 2. The number of nitrogens with zero attached hydrogens (tertiary/aromatic N) is 3. The van der Waals surface area contributed by atoms with Crippen molar-refractivity contribution in [2.45, 2.75) is 76.9 Å². The molecule has 0 bridgehead atoms. The highest BCUT2D eigenvalue weighted by Gasteiger charge is 2.33. The Morgan fingerprint density at radius 3 is 2.10 bits per heavy atom. The van der Waals surface area contributed by atoms with Crippen LogP contribution in [0.2, 0.25) is 0 Å². The first-order chi connectivity index (χ1) is 28.6. The van der Waals surface area contributed by atoms with Gasteiger partial charge in [-0.15, -0.1) is 0 Å². The SMILES string of the molecule is CC(C)CC(NC(=O)[C@H](Cc1c[nH]cn1)NC(=O)[C@@H](Cc1cccc2ccccc12)NC(=O)OCc1ccccc1)C(O)CC(=O)N1CCN(Cc2ccccc2)CC1. The predicted octanol–water partition coefficient (Wildman–Crippen LogP) is 4.75. The molecule has 310 valence electrons. The van der Waals surface area contributed by atoms with Crippen LogP contribution in [0, 0.1) is 5.92 Å². The Bertz CT molecular complexity index is 2100. The topological polar surface area (TPSA) is 169 Å². The highest BCUT2D eigenvalue weighted by molar-refractivity contribution is 5.93. The molecule has 13 heteroatoms. The van der Waals surface area contributed by atoms with E-state index >= 15 is 0 Å². The Labute approximate surface area is 345 Å². The number of ether oxygens (including phenoxy) is 1. The van der Waals surface area contributed by atoms with Crippen molar-refractivity contribution in [2.75, 3.05) is 26.2 Å². The molecule has 6 rings (SSSR count). The maximum Gasteiger partial charge on any atom is 0.408 e. The number of benzene rings is 4. The zero-order chi connectivity index (χ0) is 41.6. The summed E-state index contributed by atoms with van der Waals surface area (Å²) in [6.07, 6.45) is 1.54. The lowest BCUT2D eigenvalue weighted by atomic mass is 9.96. The van der Waals surface area contributed by atoms with Crippen molar-refractivity contribution in [3.63, 3.8) is 0 Å². The van der Waals surface area contributed by atoms with Gasteiger partial charge in [-0.2, -0.15) is 0 Å². The van der Waals surface area contributed by atoms with Crippen LogP contribution in [0.5, 0.6) is 0 Å². The van der Waals surface area contributed by atoms with Gasteiger partial charge < -0.3 is 35.7 Å². The fraction of sp³-hybridized carbons (Fsp3) is 0.370. The summed E-state index contributed by atoms with van der Waals surface area (Å²) >= 11 is 0. The first kappa shape index (κ1) is 42.6. The summed E-state index contributed by atoms with van der Waals surface area (Å²) in [5.74, 6) is -1.26. The molecule has 1 aliphatic rings. The molecule has 1 aromatic heterocycles. The second kappa shape index (κ2) is 21.1. The van der Waals surface area contributed by atoms with E-state index in [-0.39, 0.29) is 37.7 Å². The third-order valence-electron chi connectivity index (χ3n) is 10.6. The quantitative estimate of drug-likeness (QED) is 0.0846. The molecule has 1 saturated heterocycles.